The Balaban J connectivity index is 2.27. The topological polar surface area (TPSA) is 66.6 Å². The van der Waals surface area contributed by atoms with Crippen molar-refractivity contribution >= 4 is 39.1 Å². The van der Waals surface area contributed by atoms with Crippen LogP contribution in [-0.2, 0) is 9.59 Å². The number of amides is 2. The Morgan fingerprint density at radius 1 is 1.35 bits per heavy atom. The van der Waals surface area contributed by atoms with E-state index in [2.05, 4.69) is 15.9 Å². The van der Waals surface area contributed by atoms with Crippen molar-refractivity contribution in [2.45, 2.75) is 25.9 Å². The van der Waals surface area contributed by atoms with Gasteiger partial charge in [-0.3, -0.25) is 9.59 Å². The van der Waals surface area contributed by atoms with Gasteiger partial charge >= 0.3 is 11.8 Å². The maximum Gasteiger partial charge on any atom is 0.312 e. The second-order valence-electron chi connectivity index (χ2n) is 4.83. The average molecular weight is 360 g/mol. The molecule has 1 saturated heterocycles. The third-order valence-electron chi connectivity index (χ3n) is 3.44. The molecule has 0 saturated carbocycles. The van der Waals surface area contributed by atoms with E-state index >= 15 is 0 Å². The molecule has 1 fully saturated rings. The summed E-state index contributed by atoms with van der Waals surface area (Å²) in [5.74, 6) is -0.884. The molecular weight excluding hydrogens is 342 g/mol. The number of nitrogens with zero attached hydrogens (tertiary/aromatic N) is 2. The minimum absolute atomic E-state index is 0.231. The molecule has 0 radical (unpaired) electrons. The van der Waals surface area contributed by atoms with Crippen LogP contribution in [0.4, 0.5) is 0 Å². The Kier molecular flexibility index (Phi) is 4.82. The molecular formula is C13H18BrN3O2S. The number of rotatable bonds is 4. The van der Waals surface area contributed by atoms with Crippen molar-refractivity contribution in [2.24, 2.45) is 5.73 Å². The smallest absolute Gasteiger partial charge is 0.312 e. The Labute approximate surface area is 130 Å². The highest BCUT2D eigenvalue weighted by Crippen LogP contribution is 2.33. The molecule has 1 aliphatic heterocycles. The lowest BCUT2D eigenvalue weighted by atomic mass is 10.1. The molecule has 20 heavy (non-hydrogen) atoms. The number of carbonyl (C=O) groups is 2. The van der Waals surface area contributed by atoms with Crippen LogP contribution in [0.3, 0.4) is 0 Å². The number of halogens is 1. The molecule has 2 atom stereocenters. The van der Waals surface area contributed by atoms with E-state index in [4.69, 9.17) is 5.73 Å². The van der Waals surface area contributed by atoms with Gasteiger partial charge in [0, 0.05) is 30.6 Å². The maximum atomic E-state index is 12.3. The van der Waals surface area contributed by atoms with E-state index in [-0.39, 0.29) is 12.1 Å². The van der Waals surface area contributed by atoms with Gasteiger partial charge in [-0.15, -0.1) is 11.3 Å². The predicted octanol–water partition coefficient (Wildman–Crippen LogP) is 1.59. The zero-order valence-corrected chi connectivity index (χ0v) is 13.9. The summed E-state index contributed by atoms with van der Waals surface area (Å²) in [7, 11) is 0. The van der Waals surface area contributed by atoms with E-state index in [1.165, 1.54) is 0 Å². The van der Waals surface area contributed by atoms with Crippen molar-refractivity contribution in [3.05, 3.63) is 20.8 Å². The minimum Gasteiger partial charge on any atom is -0.333 e. The van der Waals surface area contributed by atoms with Crippen LogP contribution in [0.1, 0.15) is 24.8 Å². The van der Waals surface area contributed by atoms with E-state index in [9.17, 15) is 9.59 Å². The first kappa shape index (κ1) is 15.5. The first-order valence-electron chi connectivity index (χ1n) is 6.56. The Morgan fingerprint density at radius 3 is 2.55 bits per heavy atom. The van der Waals surface area contributed by atoms with Crippen molar-refractivity contribution in [3.8, 4) is 0 Å². The number of nitrogens with two attached hydrogens (primary N) is 1. The highest BCUT2D eigenvalue weighted by atomic mass is 79.9. The highest BCUT2D eigenvalue weighted by molar-refractivity contribution is 9.11. The largest absolute Gasteiger partial charge is 0.333 e. The third kappa shape index (κ3) is 2.89. The number of hydrogen-bond acceptors (Lipinski definition) is 4. The van der Waals surface area contributed by atoms with Gasteiger partial charge in [-0.1, -0.05) is 0 Å². The van der Waals surface area contributed by atoms with Crippen LogP contribution in [-0.4, -0.2) is 47.3 Å². The van der Waals surface area contributed by atoms with Crippen molar-refractivity contribution in [3.63, 3.8) is 0 Å². The predicted molar refractivity (Wildman–Crippen MR) is 82.4 cm³/mol. The molecule has 2 amide bonds. The van der Waals surface area contributed by atoms with Gasteiger partial charge in [0.05, 0.1) is 9.83 Å². The quantitative estimate of drug-likeness (QED) is 0.830. The summed E-state index contributed by atoms with van der Waals surface area (Å²) in [6.07, 6.45) is 0. The molecule has 0 spiro atoms. The molecule has 7 heteroatoms. The van der Waals surface area contributed by atoms with E-state index in [0.29, 0.717) is 19.6 Å². The first-order valence-corrected chi connectivity index (χ1v) is 8.17. The van der Waals surface area contributed by atoms with E-state index in [1.807, 2.05) is 26.0 Å². The lowest BCUT2D eigenvalue weighted by Gasteiger charge is -2.39. The van der Waals surface area contributed by atoms with Gasteiger partial charge in [-0.25, -0.2) is 0 Å². The second-order valence-corrected chi connectivity index (χ2v) is 7.32. The van der Waals surface area contributed by atoms with Gasteiger partial charge in [0.1, 0.15) is 0 Å². The summed E-state index contributed by atoms with van der Waals surface area (Å²) in [6, 6.07) is 3.41. The van der Waals surface area contributed by atoms with Crippen LogP contribution in [0.25, 0.3) is 0 Å². The summed E-state index contributed by atoms with van der Waals surface area (Å²) < 4.78 is 0.990. The molecule has 0 aromatic carbocycles. The van der Waals surface area contributed by atoms with Crippen LogP contribution in [0.15, 0.2) is 15.9 Å². The maximum absolute atomic E-state index is 12.3. The second kappa shape index (κ2) is 6.24. The van der Waals surface area contributed by atoms with Crippen molar-refractivity contribution in [1.29, 1.82) is 0 Å². The van der Waals surface area contributed by atoms with E-state index in [0.717, 1.165) is 8.66 Å². The van der Waals surface area contributed by atoms with Crippen LogP contribution < -0.4 is 5.73 Å². The molecule has 2 unspecified atom stereocenters. The monoisotopic (exact) mass is 359 g/mol. The minimum atomic E-state index is -0.454. The summed E-state index contributed by atoms with van der Waals surface area (Å²) in [6.45, 7) is 5.39. The molecule has 2 heterocycles. The number of piperazine rings is 1. The van der Waals surface area contributed by atoms with Gasteiger partial charge in [-0.05, 0) is 41.9 Å². The highest BCUT2D eigenvalue weighted by Gasteiger charge is 2.38. The van der Waals surface area contributed by atoms with Crippen LogP contribution in [0.5, 0.6) is 0 Å². The fraction of sp³-hybridized carbons (Fsp3) is 0.538. The molecule has 1 aromatic rings. The van der Waals surface area contributed by atoms with Crippen molar-refractivity contribution in [2.75, 3.05) is 19.6 Å². The molecule has 0 bridgehead atoms. The summed E-state index contributed by atoms with van der Waals surface area (Å²) in [5, 5.41) is 0. The number of likely N-dealkylation sites (N-methyl/N-ethyl adjacent to an activating group) is 1. The molecule has 0 aliphatic carbocycles. The Bertz CT molecular complexity index is 517. The van der Waals surface area contributed by atoms with Gasteiger partial charge in [0.15, 0.2) is 0 Å². The number of hydrogen-bond donors (Lipinski definition) is 1. The summed E-state index contributed by atoms with van der Waals surface area (Å²) in [5.41, 5.74) is 6.06. The molecule has 1 aliphatic rings. The number of carbonyl (C=O) groups excluding carboxylic acids is 2. The molecule has 5 nitrogen and oxygen atoms in total. The SMILES string of the molecule is CCN1CCN(C(c2ccc(Br)s2)C(C)N)C(=O)C1=O. The fourth-order valence-corrected chi connectivity index (χ4v) is 4.09. The van der Waals surface area contributed by atoms with Crippen molar-refractivity contribution < 1.29 is 9.59 Å². The molecule has 2 N–H and O–H groups in total. The Hall–Kier alpha value is -0.920. The third-order valence-corrected chi connectivity index (χ3v) is 5.14. The lowest BCUT2D eigenvalue weighted by Crippen LogP contribution is -2.57. The molecule has 2 rings (SSSR count). The van der Waals surface area contributed by atoms with Gasteiger partial charge in [0.2, 0.25) is 0 Å². The zero-order chi connectivity index (χ0) is 14.9. The van der Waals surface area contributed by atoms with Crippen LogP contribution in [0.2, 0.25) is 0 Å². The summed E-state index contributed by atoms with van der Waals surface area (Å²) in [4.78, 5) is 28.5. The van der Waals surface area contributed by atoms with E-state index < -0.39 is 11.8 Å². The average Bonchev–Trinajstić information content (AvgIpc) is 2.81. The van der Waals surface area contributed by atoms with Gasteiger partial charge in [0.25, 0.3) is 0 Å². The van der Waals surface area contributed by atoms with E-state index in [1.54, 1.807) is 21.1 Å². The number of thiophene rings is 1. The van der Waals surface area contributed by atoms with Gasteiger partial charge < -0.3 is 15.5 Å². The molecule has 1 aromatic heterocycles. The molecule has 110 valence electrons. The standard InChI is InChI=1S/C13H18BrN3O2S/c1-3-16-6-7-17(13(19)12(16)18)11(8(2)15)9-4-5-10(14)20-9/h4-5,8,11H,3,6-7,15H2,1-2H3. The normalized spacial score (nSPS) is 19.4. The van der Waals surface area contributed by atoms with Gasteiger partial charge in [-0.2, -0.15) is 0 Å². The zero-order valence-electron chi connectivity index (χ0n) is 11.5. The first-order chi connectivity index (χ1) is 9.45. The fourth-order valence-electron chi connectivity index (χ4n) is 2.44. The van der Waals surface area contributed by atoms with Crippen LogP contribution >= 0.6 is 27.3 Å². The van der Waals surface area contributed by atoms with Crippen molar-refractivity contribution in [1.82, 2.24) is 9.80 Å². The Morgan fingerprint density at radius 2 is 2.05 bits per heavy atom. The van der Waals surface area contributed by atoms with Crippen LogP contribution in [0, 0.1) is 0 Å². The summed E-state index contributed by atoms with van der Waals surface area (Å²) >= 11 is 4.97. The lowest BCUT2D eigenvalue weighted by molar-refractivity contribution is -0.158.